The van der Waals surface area contributed by atoms with Crippen molar-refractivity contribution in [3.8, 4) is 16.9 Å². The van der Waals surface area contributed by atoms with Crippen LogP contribution >= 0.6 is 11.3 Å². The van der Waals surface area contributed by atoms with Gasteiger partial charge in [-0.1, -0.05) is 60.7 Å². The van der Waals surface area contributed by atoms with Gasteiger partial charge >= 0.3 is 0 Å². The third-order valence-electron chi connectivity index (χ3n) is 4.83. The molecule has 1 amide bonds. The lowest BCUT2D eigenvalue weighted by Gasteiger charge is -2.05. The molecule has 0 bridgehead atoms. The fourth-order valence-electron chi connectivity index (χ4n) is 3.26. The minimum atomic E-state index is -0.177. The molecule has 0 radical (unpaired) electrons. The molecule has 0 spiro atoms. The lowest BCUT2D eigenvalue weighted by atomic mass is 10.1. The van der Waals surface area contributed by atoms with E-state index in [0.29, 0.717) is 16.4 Å². The monoisotopic (exact) mass is 417 g/mol. The van der Waals surface area contributed by atoms with E-state index in [1.54, 1.807) is 7.11 Å². The summed E-state index contributed by atoms with van der Waals surface area (Å²) in [5.41, 5.74) is 4.66. The summed E-state index contributed by atoms with van der Waals surface area (Å²) in [6, 6.07) is 21.7. The van der Waals surface area contributed by atoms with Crippen LogP contribution in [0.25, 0.3) is 21.3 Å². The molecular weight excluding hydrogens is 394 g/mol. The van der Waals surface area contributed by atoms with Crippen LogP contribution in [-0.2, 0) is 6.54 Å². The van der Waals surface area contributed by atoms with E-state index in [1.807, 2.05) is 54.6 Å². The number of anilines is 1. The van der Waals surface area contributed by atoms with Gasteiger partial charge in [0.1, 0.15) is 11.3 Å². The van der Waals surface area contributed by atoms with E-state index < -0.39 is 0 Å². The molecule has 30 heavy (non-hydrogen) atoms. The van der Waals surface area contributed by atoms with E-state index in [1.165, 1.54) is 11.3 Å². The number of nitrogens with zero attached hydrogens (tertiary/aromatic N) is 1. The van der Waals surface area contributed by atoms with Gasteiger partial charge < -0.3 is 10.1 Å². The SMILES string of the molecule is CCNCc1ccc(C(=O)Nc2nc3c(OC)ccc(-c4ccccc4)c3s2)cc1. The zero-order chi connectivity index (χ0) is 20.9. The number of methoxy groups -OCH3 is 1. The molecule has 4 rings (SSSR count). The summed E-state index contributed by atoms with van der Waals surface area (Å²) in [6.45, 7) is 3.77. The Morgan fingerprint density at radius 3 is 2.50 bits per heavy atom. The lowest BCUT2D eigenvalue weighted by Crippen LogP contribution is -2.13. The van der Waals surface area contributed by atoms with Crippen molar-refractivity contribution in [3.63, 3.8) is 0 Å². The number of benzene rings is 3. The largest absolute Gasteiger partial charge is 0.494 e. The number of aromatic nitrogens is 1. The zero-order valence-corrected chi connectivity index (χ0v) is 17.8. The number of thiazole rings is 1. The smallest absolute Gasteiger partial charge is 0.257 e. The van der Waals surface area contributed by atoms with Crippen LogP contribution in [0.3, 0.4) is 0 Å². The first-order valence-corrected chi connectivity index (χ1v) is 10.6. The van der Waals surface area contributed by atoms with E-state index in [0.717, 1.165) is 40.0 Å². The molecule has 0 saturated carbocycles. The average Bonchev–Trinajstić information content (AvgIpc) is 3.21. The molecule has 0 aliphatic heterocycles. The van der Waals surface area contributed by atoms with Gasteiger partial charge in [0.25, 0.3) is 5.91 Å². The van der Waals surface area contributed by atoms with Crippen molar-refractivity contribution in [2.75, 3.05) is 19.0 Å². The Morgan fingerprint density at radius 1 is 1.03 bits per heavy atom. The van der Waals surface area contributed by atoms with Crippen LogP contribution in [0.4, 0.5) is 5.13 Å². The van der Waals surface area contributed by atoms with E-state index in [4.69, 9.17) is 4.74 Å². The van der Waals surface area contributed by atoms with Crippen molar-refractivity contribution in [1.29, 1.82) is 0 Å². The van der Waals surface area contributed by atoms with Gasteiger partial charge in [-0.3, -0.25) is 10.1 Å². The summed E-state index contributed by atoms with van der Waals surface area (Å²) in [5, 5.41) is 6.76. The zero-order valence-electron chi connectivity index (χ0n) is 16.9. The highest BCUT2D eigenvalue weighted by molar-refractivity contribution is 7.23. The van der Waals surface area contributed by atoms with Gasteiger partial charge in [0.15, 0.2) is 5.13 Å². The van der Waals surface area contributed by atoms with Crippen molar-refractivity contribution in [2.45, 2.75) is 13.5 Å². The molecule has 1 heterocycles. The van der Waals surface area contributed by atoms with Gasteiger partial charge in [-0.05, 0) is 41.9 Å². The molecule has 1 aromatic heterocycles. The Morgan fingerprint density at radius 2 is 1.80 bits per heavy atom. The van der Waals surface area contributed by atoms with Gasteiger partial charge in [-0.2, -0.15) is 0 Å². The van der Waals surface area contributed by atoms with Crippen molar-refractivity contribution in [1.82, 2.24) is 10.3 Å². The maximum Gasteiger partial charge on any atom is 0.257 e. The third kappa shape index (κ3) is 4.20. The van der Waals surface area contributed by atoms with Gasteiger partial charge in [0.2, 0.25) is 0 Å². The van der Waals surface area contributed by atoms with E-state index >= 15 is 0 Å². The quantitative estimate of drug-likeness (QED) is 0.426. The Balaban J connectivity index is 1.62. The second kappa shape index (κ2) is 9.07. The summed E-state index contributed by atoms with van der Waals surface area (Å²) in [4.78, 5) is 17.4. The highest BCUT2D eigenvalue weighted by atomic mass is 32.1. The molecule has 3 aromatic carbocycles. The number of rotatable bonds is 7. The molecule has 6 heteroatoms. The predicted octanol–water partition coefficient (Wildman–Crippen LogP) is 5.33. The van der Waals surface area contributed by atoms with E-state index in [2.05, 4.69) is 34.7 Å². The Kier molecular flexibility index (Phi) is 6.07. The maximum absolute atomic E-state index is 12.7. The predicted molar refractivity (Wildman–Crippen MR) is 123 cm³/mol. The summed E-state index contributed by atoms with van der Waals surface area (Å²) >= 11 is 1.45. The number of hydrogen-bond acceptors (Lipinski definition) is 5. The van der Waals surface area contributed by atoms with Crippen LogP contribution in [0.15, 0.2) is 66.7 Å². The molecule has 0 unspecified atom stereocenters. The number of nitrogens with one attached hydrogen (secondary N) is 2. The van der Waals surface area contributed by atoms with E-state index in [-0.39, 0.29) is 5.91 Å². The molecule has 152 valence electrons. The highest BCUT2D eigenvalue weighted by Gasteiger charge is 2.16. The first kappa shape index (κ1) is 20.1. The number of carbonyl (C=O) groups excluding carboxylic acids is 1. The van der Waals surface area contributed by atoms with Gasteiger partial charge in [-0.25, -0.2) is 4.98 Å². The molecule has 0 atom stereocenters. The van der Waals surface area contributed by atoms with Crippen molar-refractivity contribution < 1.29 is 9.53 Å². The molecule has 4 aromatic rings. The highest BCUT2D eigenvalue weighted by Crippen LogP contribution is 2.39. The second-order valence-electron chi connectivity index (χ2n) is 6.81. The average molecular weight is 418 g/mol. The number of hydrogen-bond donors (Lipinski definition) is 2. The Labute approximate surface area is 179 Å². The van der Waals surface area contributed by atoms with Crippen LogP contribution < -0.4 is 15.4 Å². The second-order valence-corrected chi connectivity index (χ2v) is 7.81. The normalized spacial score (nSPS) is 10.9. The lowest BCUT2D eigenvalue weighted by molar-refractivity contribution is 0.102. The number of amides is 1. The first-order valence-electron chi connectivity index (χ1n) is 9.83. The molecule has 0 aliphatic carbocycles. The first-order chi connectivity index (χ1) is 14.7. The van der Waals surface area contributed by atoms with Crippen LogP contribution in [-0.4, -0.2) is 24.5 Å². The molecule has 0 aliphatic rings. The number of ether oxygens (including phenoxy) is 1. The molecule has 0 fully saturated rings. The van der Waals surface area contributed by atoms with Crippen LogP contribution in [0.2, 0.25) is 0 Å². The summed E-state index contributed by atoms with van der Waals surface area (Å²) in [6.07, 6.45) is 0. The van der Waals surface area contributed by atoms with E-state index in [9.17, 15) is 4.79 Å². The number of fused-ring (bicyclic) bond motifs is 1. The standard InChI is InChI=1S/C24H23N3O2S/c1-3-25-15-16-9-11-18(12-10-16)23(28)27-24-26-21-20(29-2)14-13-19(22(21)30-24)17-7-5-4-6-8-17/h4-14,25H,3,15H2,1-2H3,(H,26,27,28). The fourth-order valence-corrected chi connectivity index (χ4v) is 4.27. The van der Waals surface area contributed by atoms with Crippen molar-refractivity contribution >= 4 is 32.6 Å². The maximum atomic E-state index is 12.7. The van der Waals surface area contributed by atoms with Crippen LogP contribution in [0, 0.1) is 0 Å². The molecular formula is C24H23N3O2S. The van der Waals surface area contributed by atoms with Gasteiger partial charge in [0, 0.05) is 17.7 Å². The summed E-state index contributed by atoms with van der Waals surface area (Å²) < 4.78 is 6.48. The number of carbonyl (C=O) groups is 1. The van der Waals surface area contributed by atoms with Gasteiger partial charge in [-0.15, -0.1) is 0 Å². The molecule has 5 nitrogen and oxygen atoms in total. The fraction of sp³-hybridized carbons (Fsp3) is 0.167. The summed E-state index contributed by atoms with van der Waals surface area (Å²) in [5.74, 6) is 0.512. The van der Waals surface area contributed by atoms with Crippen molar-refractivity contribution in [3.05, 3.63) is 77.9 Å². The van der Waals surface area contributed by atoms with Crippen LogP contribution in [0.5, 0.6) is 5.75 Å². The molecule has 2 N–H and O–H groups in total. The Bertz CT molecular complexity index is 1150. The van der Waals surface area contributed by atoms with Crippen LogP contribution in [0.1, 0.15) is 22.8 Å². The minimum absolute atomic E-state index is 0.177. The topological polar surface area (TPSA) is 63.2 Å². The van der Waals surface area contributed by atoms with Crippen molar-refractivity contribution in [2.24, 2.45) is 0 Å². The summed E-state index contributed by atoms with van der Waals surface area (Å²) in [7, 11) is 1.63. The molecule has 0 saturated heterocycles. The Hall–Kier alpha value is -3.22. The minimum Gasteiger partial charge on any atom is -0.494 e. The third-order valence-corrected chi connectivity index (χ3v) is 5.83. The van der Waals surface area contributed by atoms with Gasteiger partial charge in [0.05, 0.1) is 11.8 Å².